The van der Waals surface area contributed by atoms with Crippen molar-refractivity contribution < 1.29 is 4.79 Å². The van der Waals surface area contributed by atoms with Crippen molar-refractivity contribution in [2.75, 3.05) is 0 Å². The fourth-order valence-electron chi connectivity index (χ4n) is 3.59. The highest BCUT2D eigenvalue weighted by atomic mass is 35.5. The van der Waals surface area contributed by atoms with E-state index >= 15 is 0 Å². The summed E-state index contributed by atoms with van der Waals surface area (Å²) in [6.07, 6.45) is 1.37. The Labute approximate surface area is 179 Å². The predicted octanol–water partition coefficient (Wildman–Crippen LogP) is 4.91. The Morgan fingerprint density at radius 2 is 1.57 bits per heavy atom. The van der Waals surface area contributed by atoms with E-state index in [9.17, 15) is 9.59 Å². The average Bonchev–Trinajstić information content (AvgIpc) is 2.75. The van der Waals surface area contributed by atoms with Crippen molar-refractivity contribution in [2.24, 2.45) is 7.05 Å². The van der Waals surface area contributed by atoms with E-state index < -0.39 is 0 Å². The Bertz CT molecular complexity index is 1290. The van der Waals surface area contributed by atoms with Crippen LogP contribution >= 0.6 is 11.6 Å². The summed E-state index contributed by atoms with van der Waals surface area (Å²) in [4.78, 5) is 30.0. The number of halogens is 1. The Hall–Kier alpha value is -3.24. The maximum atomic E-state index is 12.7. The largest absolute Gasteiger partial charge is 0.299 e. The van der Waals surface area contributed by atoms with Gasteiger partial charge in [-0.1, -0.05) is 48.0 Å². The molecule has 150 valence electrons. The molecule has 0 aliphatic rings. The van der Waals surface area contributed by atoms with Crippen LogP contribution < -0.4 is 5.56 Å². The molecule has 0 N–H and O–H groups in total. The molecule has 0 saturated heterocycles. The van der Waals surface area contributed by atoms with Gasteiger partial charge in [-0.15, -0.1) is 0 Å². The highest BCUT2D eigenvalue weighted by Crippen LogP contribution is 2.16. The second-order valence-corrected chi connectivity index (χ2v) is 7.83. The van der Waals surface area contributed by atoms with E-state index in [0.29, 0.717) is 28.0 Å². The van der Waals surface area contributed by atoms with Crippen molar-refractivity contribution in [3.05, 3.63) is 110 Å². The van der Waals surface area contributed by atoms with Gasteiger partial charge in [-0.05, 0) is 54.8 Å². The molecular weight excluding hydrogens is 396 g/mol. The van der Waals surface area contributed by atoms with Crippen LogP contribution in [0.5, 0.6) is 0 Å². The van der Waals surface area contributed by atoms with Crippen molar-refractivity contribution in [3.8, 4) is 0 Å². The zero-order valence-electron chi connectivity index (χ0n) is 16.9. The lowest BCUT2D eigenvalue weighted by Gasteiger charge is -2.11. The molecule has 5 heteroatoms. The van der Waals surface area contributed by atoms with Crippen molar-refractivity contribution in [2.45, 2.75) is 19.8 Å². The van der Waals surface area contributed by atoms with Crippen molar-refractivity contribution in [3.63, 3.8) is 0 Å². The van der Waals surface area contributed by atoms with Crippen LogP contribution in [0.1, 0.15) is 32.9 Å². The van der Waals surface area contributed by atoms with Gasteiger partial charge >= 0.3 is 0 Å². The third-order valence-corrected chi connectivity index (χ3v) is 5.62. The molecule has 0 amide bonds. The van der Waals surface area contributed by atoms with E-state index in [2.05, 4.69) is 0 Å². The first kappa shape index (κ1) is 20.0. The van der Waals surface area contributed by atoms with Crippen LogP contribution in [0.25, 0.3) is 10.9 Å². The second kappa shape index (κ2) is 8.25. The average molecular weight is 417 g/mol. The fraction of sp³-hybridized carbons (Fsp3) is 0.160. The van der Waals surface area contributed by atoms with Crippen LogP contribution in [0.15, 0.2) is 71.5 Å². The molecule has 1 aromatic heterocycles. The smallest absolute Gasteiger partial charge is 0.261 e. The molecule has 3 aromatic carbocycles. The molecule has 4 rings (SSSR count). The zero-order chi connectivity index (χ0) is 21.3. The van der Waals surface area contributed by atoms with E-state index in [1.807, 2.05) is 49.4 Å². The monoisotopic (exact) mass is 416 g/mol. The van der Waals surface area contributed by atoms with Gasteiger partial charge in [-0.3, -0.25) is 14.2 Å². The normalized spacial score (nSPS) is 11.0. The van der Waals surface area contributed by atoms with E-state index in [1.165, 1.54) is 0 Å². The minimum absolute atomic E-state index is 0.0167. The van der Waals surface area contributed by atoms with Gasteiger partial charge < -0.3 is 0 Å². The van der Waals surface area contributed by atoms with E-state index in [0.717, 1.165) is 28.9 Å². The molecule has 0 unspecified atom stereocenters. The van der Waals surface area contributed by atoms with Gasteiger partial charge in [0.15, 0.2) is 5.78 Å². The molecule has 4 nitrogen and oxygen atoms in total. The fourth-order valence-corrected chi connectivity index (χ4v) is 3.72. The summed E-state index contributed by atoms with van der Waals surface area (Å²) in [5.74, 6) is 0.714. The third kappa shape index (κ3) is 3.91. The maximum absolute atomic E-state index is 12.7. The Morgan fingerprint density at radius 3 is 2.23 bits per heavy atom. The number of rotatable bonds is 5. The Morgan fingerprint density at radius 1 is 0.933 bits per heavy atom. The Balaban J connectivity index is 1.52. The van der Waals surface area contributed by atoms with Crippen molar-refractivity contribution >= 4 is 28.3 Å². The van der Waals surface area contributed by atoms with Gasteiger partial charge in [0.1, 0.15) is 5.82 Å². The number of carbonyl (C=O) groups excluding carboxylic acids is 1. The lowest BCUT2D eigenvalue weighted by atomic mass is 10.0. The number of carbonyl (C=O) groups is 1. The zero-order valence-corrected chi connectivity index (χ0v) is 17.6. The molecule has 0 aliphatic carbocycles. The summed E-state index contributed by atoms with van der Waals surface area (Å²) >= 11 is 5.89. The number of fused-ring (bicyclic) bond motifs is 1. The molecule has 0 radical (unpaired) electrons. The van der Waals surface area contributed by atoms with Gasteiger partial charge in [-0.2, -0.15) is 0 Å². The number of ketones is 1. The molecule has 0 aliphatic heterocycles. The number of hydrogen-bond acceptors (Lipinski definition) is 3. The predicted molar refractivity (Wildman–Crippen MR) is 120 cm³/mol. The molecule has 4 aromatic rings. The summed E-state index contributed by atoms with van der Waals surface area (Å²) in [5.41, 5.74) is 3.98. The summed E-state index contributed by atoms with van der Waals surface area (Å²) in [5, 5.41) is 1.28. The van der Waals surface area contributed by atoms with Crippen molar-refractivity contribution in [1.82, 2.24) is 9.55 Å². The van der Waals surface area contributed by atoms with Crippen LogP contribution in [-0.2, 0) is 19.9 Å². The highest BCUT2D eigenvalue weighted by Gasteiger charge is 2.11. The molecule has 30 heavy (non-hydrogen) atoms. The first-order valence-corrected chi connectivity index (χ1v) is 10.2. The Kier molecular flexibility index (Phi) is 5.51. The topological polar surface area (TPSA) is 52.0 Å². The second-order valence-electron chi connectivity index (χ2n) is 7.39. The van der Waals surface area contributed by atoms with Gasteiger partial charge in [0.2, 0.25) is 0 Å². The molecule has 0 atom stereocenters. The third-order valence-electron chi connectivity index (χ3n) is 5.37. The van der Waals surface area contributed by atoms with Crippen LogP contribution in [0.2, 0.25) is 5.02 Å². The van der Waals surface area contributed by atoms with Gasteiger partial charge in [0.05, 0.1) is 10.9 Å². The first-order valence-electron chi connectivity index (χ1n) is 9.78. The van der Waals surface area contributed by atoms with Gasteiger partial charge in [0.25, 0.3) is 5.56 Å². The highest BCUT2D eigenvalue weighted by molar-refractivity contribution is 6.30. The van der Waals surface area contributed by atoms with Gasteiger partial charge in [-0.25, -0.2) is 4.98 Å². The van der Waals surface area contributed by atoms with E-state index in [-0.39, 0.29) is 11.3 Å². The van der Waals surface area contributed by atoms with Gasteiger partial charge in [0, 0.05) is 29.6 Å². The number of nitrogens with zero attached hydrogens (tertiary/aromatic N) is 2. The standard InChI is InChI=1S/C25H21ClN2O2/c1-16-4-3-5-21-23(16)25(30)28(2)22(27-21)15-8-17-6-9-18(10-7-17)24(29)19-11-13-20(26)14-12-19/h3-7,9-14H,8,15H2,1-2H3. The van der Waals surface area contributed by atoms with Crippen LogP contribution in [0.3, 0.4) is 0 Å². The molecular formula is C25H21ClN2O2. The number of aryl methyl sites for hydroxylation is 3. The molecule has 0 fully saturated rings. The van der Waals surface area contributed by atoms with Crippen molar-refractivity contribution in [1.29, 1.82) is 0 Å². The molecule has 0 saturated carbocycles. The number of aromatic nitrogens is 2. The summed E-state index contributed by atoms with van der Waals surface area (Å²) < 4.78 is 1.63. The summed E-state index contributed by atoms with van der Waals surface area (Å²) in [6.45, 7) is 1.93. The quantitative estimate of drug-likeness (QED) is 0.434. The molecule has 0 spiro atoms. The minimum atomic E-state index is -0.0350. The molecule has 1 heterocycles. The van der Waals surface area contributed by atoms with E-state index in [1.54, 1.807) is 35.9 Å². The lowest BCUT2D eigenvalue weighted by Crippen LogP contribution is -2.23. The summed E-state index contributed by atoms with van der Waals surface area (Å²) in [7, 11) is 1.77. The van der Waals surface area contributed by atoms with Crippen LogP contribution in [0.4, 0.5) is 0 Å². The lowest BCUT2D eigenvalue weighted by molar-refractivity contribution is 0.103. The van der Waals surface area contributed by atoms with Crippen LogP contribution in [0, 0.1) is 6.92 Å². The minimum Gasteiger partial charge on any atom is -0.299 e. The first-order chi connectivity index (χ1) is 14.4. The number of hydrogen-bond donors (Lipinski definition) is 0. The number of benzene rings is 3. The summed E-state index contributed by atoms with van der Waals surface area (Å²) in [6, 6.07) is 20.2. The van der Waals surface area contributed by atoms with E-state index in [4.69, 9.17) is 16.6 Å². The maximum Gasteiger partial charge on any atom is 0.261 e. The molecule has 0 bridgehead atoms. The van der Waals surface area contributed by atoms with Crippen LogP contribution in [-0.4, -0.2) is 15.3 Å². The SMILES string of the molecule is Cc1cccc2nc(CCc3ccc(C(=O)c4ccc(Cl)cc4)cc3)n(C)c(=O)c12.